The van der Waals surface area contributed by atoms with Crippen LogP contribution in [0, 0.1) is 5.38 Å². The van der Waals surface area contributed by atoms with Crippen molar-refractivity contribution in [3.05, 3.63) is 33.7 Å². The largest absolute Gasteiger partial charge is 0.418 e. The van der Waals surface area contributed by atoms with Crippen LogP contribution in [0.3, 0.4) is 0 Å². The monoisotopic (exact) mass is 405 g/mol. The van der Waals surface area contributed by atoms with Crippen LogP contribution < -0.4 is 0 Å². The Morgan fingerprint density at radius 2 is 1.12 bits per heavy atom. The summed E-state index contributed by atoms with van der Waals surface area (Å²) >= 11 is -0.292. The molecule has 0 aliphatic rings. The van der Waals surface area contributed by atoms with Gasteiger partial charge in [0.05, 0.1) is 27.6 Å². The van der Waals surface area contributed by atoms with Gasteiger partial charge in [0.1, 0.15) is 0 Å². The lowest BCUT2D eigenvalue weighted by molar-refractivity contribution is -0.174. The van der Waals surface area contributed by atoms with E-state index in [9.17, 15) is 52.7 Å². The van der Waals surface area contributed by atoms with Gasteiger partial charge in [0.2, 0.25) is 0 Å². The molecule has 0 fully saturated rings. The SMILES string of the molecule is FC(F)(F)c1cc2s[c]c(C(F)(F)F)c2c(C(F)(F)F)c1C(F)(F)F. The summed E-state index contributed by atoms with van der Waals surface area (Å²) in [7, 11) is 0. The molecule has 2 rings (SSSR count). The average molecular weight is 405 g/mol. The number of hydrogen-bond donors (Lipinski definition) is 0. The van der Waals surface area contributed by atoms with Gasteiger partial charge in [-0.15, -0.1) is 11.3 Å². The van der Waals surface area contributed by atoms with Crippen LogP contribution >= 0.6 is 11.3 Å². The topological polar surface area (TPSA) is 0 Å². The molecule has 0 spiro atoms. The summed E-state index contributed by atoms with van der Waals surface area (Å²) in [5.74, 6) is 0. The molecule has 2 aromatic rings. The van der Waals surface area contributed by atoms with Crippen molar-refractivity contribution in [2.75, 3.05) is 0 Å². The van der Waals surface area contributed by atoms with E-state index in [1.54, 1.807) is 0 Å². The van der Waals surface area contributed by atoms with Crippen molar-refractivity contribution in [2.45, 2.75) is 24.7 Å². The number of halogens is 12. The normalized spacial score (nSPS) is 14.4. The number of benzene rings is 1. The number of hydrogen-bond acceptors (Lipinski definition) is 1. The van der Waals surface area contributed by atoms with Gasteiger partial charge in [-0.3, -0.25) is 0 Å². The first kappa shape index (κ1) is 19.7. The Labute approximate surface area is 133 Å². The molecule has 0 bridgehead atoms. The second-order valence-corrected chi connectivity index (χ2v) is 5.47. The van der Waals surface area contributed by atoms with Crippen LogP contribution in [0.2, 0.25) is 0 Å². The van der Waals surface area contributed by atoms with Crippen LogP contribution in [0.4, 0.5) is 52.7 Å². The second-order valence-electron chi connectivity index (χ2n) is 4.62. The van der Waals surface area contributed by atoms with E-state index in [4.69, 9.17) is 0 Å². The van der Waals surface area contributed by atoms with Crippen LogP contribution in [-0.2, 0) is 24.7 Å². The third-order valence-corrected chi connectivity index (χ3v) is 3.81. The molecule has 0 aliphatic heterocycles. The Hall–Kier alpha value is -1.66. The highest BCUT2D eigenvalue weighted by Gasteiger charge is 2.52. The Kier molecular flexibility index (Phi) is 4.26. The van der Waals surface area contributed by atoms with E-state index < -0.39 is 57.0 Å². The van der Waals surface area contributed by atoms with E-state index in [0.29, 0.717) is 0 Å². The highest BCUT2D eigenvalue weighted by Crippen LogP contribution is 2.52. The molecule has 0 unspecified atom stereocenters. The molecular weight excluding hydrogens is 404 g/mol. The Morgan fingerprint density at radius 1 is 0.640 bits per heavy atom. The summed E-state index contributed by atoms with van der Waals surface area (Å²) in [4.78, 5) is 0. The molecule has 1 aromatic carbocycles. The van der Waals surface area contributed by atoms with Crippen LogP contribution in [0.5, 0.6) is 0 Å². The van der Waals surface area contributed by atoms with Crippen molar-refractivity contribution in [1.29, 1.82) is 0 Å². The molecular formula is C12HF12S. The standard InChI is InChI=1S/C12HF12S/c13-9(14,15)3-1-5-6(4(2-25-5)10(16,17)18)8(12(22,23)24)7(3)11(19,20)21/h1H. The Morgan fingerprint density at radius 3 is 1.48 bits per heavy atom. The molecule has 0 aliphatic carbocycles. The molecule has 0 saturated carbocycles. The fourth-order valence-corrected chi connectivity index (χ4v) is 3.06. The number of thiophene rings is 1. The molecule has 0 amide bonds. The van der Waals surface area contributed by atoms with Crippen LogP contribution in [0.1, 0.15) is 22.3 Å². The van der Waals surface area contributed by atoms with E-state index in [0.717, 1.165) is 0 Å². The first-order chi connectivity index (χ1) is 11.0. The van der Waals surface area contributed by atoms with E-state index in [-0.39, 0.29) is 17.4 Å². The molecule has 1 radical (unpaired) electrons. The molecule has 0 nitrogen and oxygen atoms in total. The third kappa shape index (κ3) is 3.51. The minimum atomic E-state index is -6.20. The van der Waals surface area contributed by atoms with Crippen molar-refractivity contribution in [3.8, 4) is 0 Å². The summed E-state index contributed by atoms with van der Waals surface area (Å²) in [5, 5.41) is -0.703. The molecule has 0 saturated heterocycles. The molecule has 13 heteroatoms. The van der Waals surface area contributed by atoms with Crippen molar-refractivity contribution in [1.82, 2.24) is 0 Å². The van der Waals surface area contributed by atoms with E-state index in [2.05, 4.69) is 0 Å². The van der Waals surface area contributed by atoms with Crippen molar-refractivity contribution in [3.63, 3.8) is 0 Å². The smallest absolute Gasteiger partial charge is 0.166 e. The predicted molar refractivity (Wildman–Crippen MR) is 60.7 cm³/mol. The van der Waals surface area contributed by atoms with E-state index >= 15 is 0 Å². The van der Waals surface area contributed by atoms with E-state index in [1.807, 2.05) is 0 Å². The zero-order chi connectivity index (χ0) is 19.6. The van der Waals surface area contributed by atoms with Gasteiger partial charge in [-0.05, 0) is 6.07 Å². The van der Waals surface area contributed by atoms with Gasteiger partial charge in [0.25, 0.3) is 0 Å². The van der Waals surface area contributed by atoms with Gasteiger partial charge >= 0.3 is 24.7 Å². The van der Waals surface area contributed by atoms with Crippen molar-refractivity contribution >= 4 is 21.4 Å². The fraction of sp³-hybridized carbons (Fsp3) is 0.333. The van der Waals surface area contributed by atoms with Crippen LogP contribution in [0.25, 0.3) is 10.1 Å². The fourth-order valence-electron chi connectivity index (χ4n) is 2.15. The van der Waals surface area contributed by atoms with Crippen LogP contribution in [0.15, 0.2) is 6.07 Å². The second kappa shape index (κ2) is 5.42. The number of alkyl halides is 12. The molecule has 1 heterocycles. The molecule has 25 heavy (non-hydrogen) atoms. The van der Waals surface area contributed by atoms with Gasteiger partial charge in [-0.2, -0.15) is 52.7 Å². The van der Waals surface area contributed by atoms with Gasteiger partial charge < -0.3 is 0 Å². The summed E-state index contributed by atoms with van der Waals surface area (Å²) in [6, 6.07) is -0.385. The van der Waals surface area contributed by atoms with Crippen molar-refractivity contribution < 1.29 is 52.7 Å². The maximum Gasteiger partial charge on any atom is 0.418 e. The first-order valence-corrected chi connectivity index (χ1v) is 6.57. The summed E-state index contributed by atoms with van der Waals surface area (Å²) in [6.07, 6.45) is -23.7. The maximum atomic E-state index is 13.1. The van der Waals surface area contributed by atoms with Gasteiger partial charge in [-0.25, -0.2) is 0 Å². The Bertz CT molecular complexity index is 799. The van der Waals surface area contributed by atoms with Crippen molar-refractivity contribution in [2.24, 2.45) is 0 Å². The quantitative estimate of drug-likeness (QED) is 0.424. The summed E-state index contributed by atoms with van der Waals surface area (Å²) in [6.45, 7) is 0. The molecule has 0 atom stereocenters. The lowest BCUT2D eigenvalue weighted by Crippen LogP contribution is -2.24. The maximum absolute atomic E-state index is 13.1. The molecule has 139 valence electrons. The number of rotatable bonds is 0. The highest BCUT2D eigenvalue weighted by atomic mass is 32.1. The third-order valence-electron chi connectivity index (χ3n) is 2.96. The Balaban J connectivity index is 3.17. The van der Waals surface area contributed by atoms with Gasteiger partial charge in [0, 0.05) is 10.1 Å². The highest BCUT2D eigenvalue weighted by molar-refractivity contribution is 7.17. The lowest BCUT2D eigenvalue weighted by atomic mass is 9.94. The molecule has 0 N–H and O–H groups in total. The first-order valence-electron chi connectivity index (χ1n) is 5.75. The van der Waals surface area contributed by atoms with Gasteiger partial charge in [-0.1, -0.05) is 0 Å². The number of fused-ring (bicyclic) bond motifs is 1. The minimum absolute atomic E-state index is 0.292. The lowest BCUT2D eigenvalue weighted by Gasteiger charge is -2.22. The zero-order valence-electron chi connectivity index (χ0n) is 11.0. The predicted octanol–water partition coefficient (Wildman–Crippen LogP) is 6.78. The molecule has 1 aromatic heterocycles. The van der Waals surface area contributed by atoms with Gasteiger partial charge in [0.15, 0.2) is 0 Å². The summed E-state index contributed by atoms with van der Waals surface area (Å²) in [5.41, 5.74) is -11.2. The minimum Gasteiger partial charge on any atom is -0.166 e. The zero-order valence-corrected chi connectivity index (χ0v) is 11.8. The van der Waals surface area contributed by atoms with E-state index in [1.165, 1.54) is 5.38 Å². The summed E-state index contributed by atoms with van der Waals surface area (Å²) < 4.78 is 154. The van der Waals surface area contributed by atoms with Crippen LogP contribution in [-0.4, -0.2) is 0 Å². The average Bonchev–Trinajstić information content (AvgIpc) is 2.75.